The van der Waals surface area contributed by atoms with Crippen LogP contribution in [-0.4, -0.2) is 14.7 Å². The predicted molar refractivity (Wildman–Crippen MR) is 70.4 cm³/mol. The van der Waals surface area contributed by atoms with Crippen LogP contribution < -0.4 is 5.73 Å². The van der Waals surface area contributed by atoms with E-state index in [1.54, 1.807) is 12.1 Å². The number of nitrogens with two attached hydrogens (primary N) is 1. The zero-order valence-electron chi connectivity index (χ0n) is 8.67. The molecule has 1 heterocycles. The van der Waals surface area contributed by atoms with E-state index in [4.69, 9.17) is 5.73 Å². The molecule has 1 aliphatic heterocycles. The van der Waals surface area contributed by atoms with Crippen LogP contribution in [0.1, 0.15) is 12.5 Å². The molecule has 5 nitrogen and oxygen atoms in total. The van der Waals surface area contributed by atoms with Crippen LogP contribution in [0.4, 0.5) is 5.69 Å². The maximum absolute atomic E-state index is 11.2. The van der Waals surface area contributed by atoms with Gasteiger partial charge >= 0.3 is 0 Å². The number of alkyl halides is 1. The molecule has 0 saturated heterocycles. The maximum Gasteiger partial charge on any atom is 0.176 e. The van der Waals surface area contributed by atoms with Crippen LogP contribution >= 0.6 is 22.6 Å². The molecule has 2 N–H and O–H groups in total. The lowest BCUT2D eigenvalue weighted by atomic mass is 9.98. The second-order valence-corrected chi connectivity index (χ2v) is 4.91. The Morgan fingerprint density at radius 1 is 1.38 bits per heavy atom. The molecule has 0 saturated carbocycles. The molecule has 0 fully saturated rings. The van der Waals surface area contributed by atoms with E-state index in [-0.39, 0.29) is 9.97 Å². The summed E-state index contributed by atoms with van der Waals surface area (Å²) >= 11 is 2.13. The summed E-state index contributed by atoms with van der Waals surface area (Å²) in [6.45, 7) is 2.00. The van der Waals surface area contributed by atoms with Gasteiger partial charge in [0.25, 0.3) is 0 Å². The third-order valence-electron chi connectivity index (χ3n) is 2.45. The zero-order valence-corrected chi connectivity index (χ0v) is 10.8. The second-order valence-electron chi connectivity index (χ2n) is 3.64. The average molecular weight is 330 g/mol. The van der Waals surface area contributed by atoms with Crippen molar-refractivity contribution in [2.45, 2.75) is 11.0 Å². The molecule has 2 rings (SSSR count). The van der Waals surface area contributed by atoms with Gasteiger partial charge in [0.15, 0.2) is 4.05 Å². The quantitative estimate of drug-likeness (QED) is 0.214. The van der Waals surface area contributed by atoms with E-state index in [1.807, 2.05) is 19.1 Å². The topological polar surface area (TPSA) is 76.8 Å². The van der Waals surface area contributed by atoms with Gasteiger partial charge in [0.05, 0.1) is 4.97 Å². The highest BCUT2D eigenvalue weighted by Crippen LogP contribution is 2.24. The van der Waals surface area contributed by atoms with Crippen LogP contribution in [0, 0.1) is 11.1 Å². The first kappa shape index (κ1) is 11.3. The fourth-order valence-electron chi connectivity index (χ4n) is 1.51. The zero-order chi connectivity index (χ0) is 11.7. The standard InChI is InChI=1S/C10H11IN4O/c1-6-9(13-15(16)14-10(6)11)7-2-4-8(12)5-3-7/h2-6,10H,12H2,1H3. The van der Waals surface area contributed by atoms with E-state index in [9.17, 15) is 5.21 Å². The number of benzene rings is 1. The van der Waals surface area contributed by atoms with E-state index in [0.29, 0.717) is 10.7 Å². The lowest BCUT2D eigenvalue weighted by molar-refractivity contribution is -0.539. The summed E-state index contributed by atoms with van der Waals surface area (Å²) in [5.74, 6) is 0.120. The number of anilines is 1. The van der Waals surface area contributed by atoms with E-state index < -0.39 is 0 Å². The van der Waals surface area contributed by atoms with Crippen LogP contribution in [0.15, 0.2) is 34.5 Å². The van der Waals surface area contributed by atoms with Crippen molar-refractivity contribution >= 4 is 34.0 Å². The number of halogens is 1. The van der Waals surface area contributed by atoms with Crippen molar-refractivity contribution in [3.8, 4) is 0 Å². The monoisotopic (exact) mass is 330 g/mol. The second kappa shape index (κ2) is 4.36. The van der Waals surface area contributed by atoms with E-state index in [0.717, 1.165) is 11.3 Å². The summed E-state index contributed by atoms with van der Waals surface area (Å²) in [6.07, 6.45) is 0. The van der Waals surface area contributed by atoms with Crippen LogP contribution in [-0.2, 0) is 0 Å². The first-order valence-electron chi connectivity index (χ1n) is 4.84. The minimum Gasteiger partial charge on any atom is -0.570 e. The number of rotatable bonds is 1. The first-order chi connectivity index (χ1) is 7.58. The van der Waals surface area contributed by atoms with Crippen LogP contribution in [0.3, 0.4) is 0 Å². The molecular formula is C10H11IN4O. The Morgan fingerprint density at radius 3 is 2.62 bits per heavy atom. The van der Waals surface area contributed by atoms with E-state index >= 15 is 0 Å². The van der Waals surface area contributed by atoms with E-state index in [2.05, 4.69) is 32.8 Å². The first-order valence-corrected chi connectivity index (χ1v) is 6.09. The van der Waals surface area contributed by atoms with Gasteiger partial charge in [-0.05, 0) is 34.7 Å². The van der Waals surface area contributed by atoms with Crippen molar-refractivity contribution in [2.24, 2.45) is 16.1 Å². The third-order valence-corrected chi connectivity index (χ3v) is 3.78. The number of hydrogen-bond acceptors (Lipinski definition) is 4. The largest absolute Gasteiger partial charge is 0.570 e. The summed E-state index contributed by atoms with van der Waals surface area (Å²) in [5.41, 5.74) is 7.98. The summed E-state index contributed by atoms with van der Waals surface area (Å²) < 4.78 is -0.0832. The minimum absolute atomic E-state index is 0.0832. The van der Waals surface area contributed by atoms with Crippen LogP contribution in [0.25, 0.3) is 0 Å². The molecule has 2 atom stereocenters. The van der Waals surface area contributed by atoms with Crippen molar-refractivity contribution in [1.82, 2.24) is 0 Å². The molecule has 0 radical (unpaired) electrons. The van der Waals surface area contributed by atoms with Crippen molar-refractivity contribution in [3.05, 3.63) is 35.0 Å². The summed E-state index contributed by atoms with van der Waals surface area (Å²) in [7, 11) is 0. The highest BCUT2D eigenvalue weighted by molar-refractivity contribution is 14.1. The van der Waals surface area contributed by atoms with Crippen LogP contribution in [0.5, 0.6) is 0 Å². The Bertz CT molecular complexity index is 454. The fourth-order valence-corrected chi connectivity index (χ4v) is 2.06. The Balaban J connectivity index is 2.40. The SMILES string of the molecule is CC1C(c2ccc(N)cc2)=N[N+]([O-])=NC1I. The van der Waals surface area contributed by atoms with Gasteiger partial charge in [-0.3, -0.25) is 0 Å². The molecule has 16 heavy (non-hydrogen) atoms. The number of hydrogen-bond donors (Lipinski definition) is 1. The van der Waals surface area contributed by atoms with E-state index in [1.165, 1.54) is 0 Å². The Kier molecular flexibility index (Phi) is 3.08. The normalized spacial score (nSPS) is 24.9. The van der Waals surface area contributed by atoms with Crippen molar-refractivity contribution < 1.29 is 4.97 Å². The molecule has 1 aliphatic rings. The van der Waals surface area contributed by atoms with Crippen molar-refractivity contribution in [1.29, 1.82) is 0 Å². The molecule has 0 aliphatic carbocycles. The predicted octanol–water partition coefficient (Wildman–Crippen LogP) is 2.35. The highest BCUT2D eigenvalue weighted by Gasteiger charge is 2.29. The van der Waals surface area contributed by atoms with Crippen molar-refractivity contribution in [2.75, 3.05) is 5.73 Å². The van der Waals surface area contributed by atoms with Gasteiger partial charge in [0.1, 0.15) is 5.71 Å². The molecule has 1 aromatic rings. The van der Waals surface area contributed by atoms with Gasteiger partial charge in [-0.15, -0.1) is 0 Å². The van der Waals surface area contributed by atoms with Gasteiger partial charge in [-0.25, -0.2) is 0 Å². The smallest absolute Gasteiger partial charge is 0.176 e. The Hall–Kier alpha value is -1.18. The number of nitrogens with zero attached hydrogens (tertiary/aromatic N) is 3. The van der Waals surface area contributed by atoms with Crippen molar-refractivity contribution in [3.63, 3.8) is 0 Å². The molecule has 84 valence electrons. The molecule has 0 aromatic heterocycles. The lowest BCUT2D eigenvalue weighted by Gasteiger charge is -2.17. The molecule has 6 heteroatoms. The molecule has 2 unspecified atom stereocenters. The van der Waals surface area contributed by atoms with Crippen LogP contribution in [0.2, 0.25) is 0 Å². The lowest BCUT2D eigenvalue weighted by Crippen LogP contribution is -2.26. The average Bonchev–Trinajstić information content (AvgIpc) is 2.25. The Labute approximate surface area is 107 Å². The summed E-state index contributed by atoms with van der Waals surface area (Å²) in [6, 6.07) is 7.34. The summed E-state index contributed by atoms with van der Waals surface area (Å²) in [4.78, 5) is 0.392. The number of nitrogen functional groups attached to an aromatic ring is 1. The Morgan fingerprint density at radius 2 is 2.00 bits per heavy atom. The van der Waals surface area contributed by atoms with Gasteiger partial charge in [0, 0.05) is 27.4 Å². The van der Waals surface area contributed by atoms with Gasteiger partial charge in [0.2, 0.25) is 0 Å². The fraction of sp³-hybridized carbons (Fsp3) is 0.300. The van der Waals surface area contributed by atoms with Gasteiger partial charge in [-0.2, -0.15) is 0 Å². The molecular weight excluding hydrogens is 319 g/mol. The van der Waals surface area contributed by atoms with Gasteiger partial charge in [-0.1, -0.05) is 19.1 Å². The molecule has 0 amide bonds. The number of hydrazone groups is 1. The van der Waals surface area contributed by atoms with Gasteiger partial charge < -0.3 is 10.9 Å². The third kappa shape index (κ3) is 2.16. The molecule has 0 spiro atoms. The highest BCUT2D eigenvalue weighted by atomic mass is 127. The molecule has 0 bridgehead atoms. The minimum atomic E-state index is -0.0832. The molecule has 1 aromatic carbocycles. The maximum atomic E-state index is 11.2. The summed E-state index contributed by atoms with van der Waals surface area (Å²) in [5, 5.41) is 18.9.